The Morgan fingerprint density at radius 3 is 2.67 bits per heavy atom. The molecule has 2 amide bonds. The fourth-order valence-electron chi connectivity index (χ4n) is 1.51. The molecule has 1 aromatic carbocycles. The second-order valence-electron chi connectivity index (χ2n) is 4.77. The number of ether oxygens (including phenoxy) is 1. The highest BCUT2D eigenvalue weighted by atomic mass is 79.9. The number of nitrogens with zero attached hydrogens (tertiary/aromatic N) is 1. The number of aromatic carboxylic acids is 1. The molecular weight excluding hydrogens is 340 g/mol. The summed E-state index contributed by atoms with van der Waals surface area (Å²) in [5, 5.41) is 11.7. The van der Waals surface area contributed by atoms with E-state index in [9.17, 15) is 9.59 Å². The minimum absolute atomic E-state index is 0.0959. The summed E-state index contributed by atoms with van der Waals surface area (Å²) >= 11 is 3.15. The van der Waals surface area contributed by atoms with Gasteiger partial charge in [-0.25, -0.2) is 9.59 Å². The number of carboxylic acids is 1. The Labute approximate surface area is 132 Å². The molecule has 116 valence electrons. The Balaban J connectivity index is 2.62. The van der Waals surface area contributed by atoms with E-state index in [1.54, 1.807) is 19.2 Å². The van der Waals surface area contributed by atoms with Crippen molar-refractivity contribution >= 4 is 33.6 Å². The summed E-state index contributed by atoms with van der Waals surface area (Å²) in [6, 6.07) is 4.30. The lowest BCUT2D eigenvalue weighted by Gasteiger charge is -2.19. The van der Waals surface area contributed by atoms with Crippen LogP contribution in [0, 0.1) is 0 Å². The zero-order valence-electron chi connectivity index (χ0n) is 12.2. The van der Waals surface area contributed by atoms with Crippen LogP contribution in [0.1, 0.15) is 24.2 Å². The van der Waals surface area contributed by atoms with Crippen LogP contribution in [0.2, 0.25) is 0 Å². The zero-order valence-corrected chi connectivity index (χ0v) is 13.8. The van der Waals surface area contributed by atoms with Crippen molar-refractivity contribution in [3.8, 4) is 0 Å². The number of urea groups is 1. The van der Waals surface area contributed by atoms with Gasteiger partial charge in [0.25, 0.3) is 0 Å². The Bertz CT molecular complexity index is 520. The first kappa shape index (κ1) is 17.5. The number of hydrogen-bond donors (Lipinski definition) is 2. The average molecular weight is 359 g/mol. The topological polar surface area (TPSA) is 78.9 Å². The third-order valence-corrected chi connectivity index (χ3v) is 3.36. The van der Waals surface area contributed by atoms with Crippen molar-refractivity contribution in [2.24, 2.45) is 0 Å². The molecule has 21 heavy (non-hydrogen) atoms. The highest BCUT2D eigenvalue weighted by molar-refractivity contribution is 9.10. The van der Waals surface area contributed by atoms with E-state index in [1.165, 1.54) is 11.0 Å². The summed E-state index contributed by atoms with van der Waals surface area (Å²) in [6.07, 6.45) is 0.117. The number of rotatable bonds is 6. The third kappa shape index (κ3) is 5.73. The van der Waals surface area contributed by atoms with Crippen LogP contribution in [0.3, 0.4) is 0 Å². The Morgan fingerprint density at radius 2 is 2.10 bits per heavy atom. The first-order valence-corrected chi connectivity index (χ1v) is 7.27. The molecule has 0 unspecified atom stereocenters. The lowest BCUT2D eigenvalue weighted by molar-refractivity contribution is 0.0690. The van der Waals surface area contributed by atoms with Gasteiger partial charge in [0.1, 0.15) is 0 Å². The van der Waals surface area contributed by atoms with Crippen LogP contribution in [0.25, 0.3) is 0 Å². The first-order valence-electron chi connectivity index (χ1n) is 6.47. The maximum absolute atomic E-state index is 12.0. The summed E-state index contributed by atoms with van der Waals surface area (Å²) in [5.41, 5.74) is 0.524. The van der Waals surface area contributed by atoms with Gasteiger partial charge in [-0.2, -0.15) is 0 Å². The standard InChI is InChI=1S/C14H19BrN2O4/c1-9(2)21-7-6-17(3)14(20)16-10-4-5-12(15)11(8-10)13(18)19/h4-5,8-9H,6-7H2,1-3H3,(H,16,20)(H,18,19). The normalized spacial score (nSPS) is 10.5. The van der Waals surface area contributed by atoms with Crippen LogP contribution in [0.4, 0.5) is 10.5 Å². The van der Waals surface area contributed by atoms with Crippen LogP contribution in [-0.4, -0.2) is 48.3 Å². The predicted octanol–water partition coefficient (Wildman–Crippen LogP) is 3.04. The Morgan fingerprint density at radius 1 is 1.43 bits per heavy atom. The Kier molecular flexibility index (Phi) is 6.64. The van der Waals surface area contributed by atoms with E-state index in [1.807, 2.05) is 13.8 Å². The van der Waals surface area contributed by atoms with Crippen molar-refractivity contribution in [1.29, 1.82) is 0 Å². The van der Waals surface area contributed by atoms with Gasteiger partial charge >= 0.3 is 12.0 Å². The molecule has 0 aromatic heterocycles. The number of hydrogen-bond acceptors (Lipinski definition) is 3. The Hall–Kier alpha value is -1.60. The molecule has 2 N–H and O–H groups in total. The van der Waals surface area contributed by atoms with E-state index in [4.69, 9.17) is 9.84 Å². The van der Waals surface area contributed by atoms with Crippen molar-refractivity contribution < 1.29 is 19.4 Å². The van der Waals surface area contributed by atoms with E-state index in [2.05, 4.69) is 21.2 Å². The van der Waals surface area contributed by atoms with Gasteiger partial charge < -0.3 is 20.1 Å². The number of carbonyl (C=O) groups is 2. The van der Waals surface area contributed by atoms with E-state index in [0.29, 0.717) is 23.3 Å². The predicted molar refractivity (Wildman–Crippen MR) is 83.8 cm³/mol. The molecule has 0 heterocycles. The van der Waals surface area contributed by atoms with Gasteiger partial charge in [-0.15, -0.1) is 0 Å². The molecule has 1 aromatic rings. The van der Waals surface area contributed by atoms with E-state index >= 15 is 0 Å². The summed E-state index contributed by atoms with van der Waals surface area (Å²) in [6.45, 7) is 4.75. The molecule has 0 aliphatic carbocycles. The molecule has 0 aliphatic heterocycles. The summed E-state index contributed by atoms with van der Waals surface area (Å²) < 4.78 is 5.84. The molecule has 0 atom stereocenters. The molecule has 0 saturated heterocycles. The van der Waals surface area contributed by atoms with Gasteiger partial charge in [0.05, 0.1) is 18.3 Å². The number of likely N-dealkylation sites (N-methyl/N-ethyl adjacent to an activating group) is 1. The number of anilines is 1. The summed E-state index contributed by atoms with van der Waals surface area (Å²) in [5.74, 6) is -1.06. The number of amides is 2. The number of halogens is 1. The quantitative estimate of drug-likeness (QED) is 0.818. The van der Waals surface area contributed by atoms with Crippen LogP contribution >= 0.6 is 15.9 Å². The lowest BCUT2D eigenvalue weighted by atomic mass is 10.2. The highest BCUT2D eigenvalue weighted by Crippen LogP contribution is 2.21. The maximum atomic E-state index is 12.0. The minimum atomic E-state index is -1.06. The highest BCUT2D eigenvalue weighted by Gasteiger charge is 2.12. The van der Waals surface area contributed by atoms with Crippen molar-refractivity contribution in [1.82, 2.24) is 4.90 Å². The van der Waals surface area contributed by atoms with E-state index < -0.39 is 5.97 Å². The smallest absolute Gasteiger partial charge is 0.336 e. The largest absolute Gasteiger partial charge is 0.478 e. The zero-order chi connectivity index (χ0) is 16.0. The van der Waals surface area contributed by atoms with Gasteiger partial charge in [-0.05, 0) is 48.0 Å². The molecule has 0 aliphatic rings. The van der Waals surface area contributed by atoms with Crippen LogP contribution in [0.15, 0.2) is 22.7 Å². The van der Waals surface area contributed by atoms with E-state index in [0.717, 1.165) is 0 Å². The molecule has 1 rings (SSSR count). The average Bonchev–Trinajstić information content (AvgIpc) is 2.40. The fourth-order valence-corrected chi connectivity index (χ4v) is 1.93. The second-order valence-corrected chi connectivity index (χ2v) is 5.63. The lowest BCUT2D eigenvalue weighted by Crippen LogP contribution is -2.34. The molecular formula is C14H19BrN2O4. The molecule has 6 nitrogen and oxygen atoms in total. The van der Waals surface area contributed by atoms with Crippen molar-refractivity contribution in [3.63, 3.8) is 0 Å². The third-order valence-electron chi connectivity index (χ3n) is 2.67. The van der Waals surface area contributed by atoms with Gasteiger partial charge in [0, 0.05) is 23.8 Å². The number of benzene rings is 1. The summed E-state index contributed by atoms with van der Waals surface area (Å²) in [7, 11) is 1.65. The van der Waals surface area contributed by atoms with Crippen molar-refractivity contribution in [3.05, 3.63) is 28.2 Å². The molecule has 0 saturated carbocycles. The monoisotopic (exact) mass is 358 g/mol. The SMILES string of the molecule is CC(C)OCCN(C)C(=O)Nc1ccc(Br)c(C(=O)O)c1. The number of carbonyl (C=O) groups excluding carboxylic acids is 1. The first-order chi connectivity index (χ1) is 9.81. The number of nitrogens with one attached hydrogen (secondary N) is 1. The molecule has 0 bridgehead atoms. The fraction of sp³-hybridized carbons (Fsp3) is 0.429. The van der Waals surface area contributed by atoms with E-state index in [-0.39, 0.29) is 17.7 Å². The maximum Gasteiger partial charge on any atom is 0.336 e. The molecule has 0 radical (unpaired) electrons. The second kappa shape index (κ2) is 7.99. The summed E-state index contributed by atoms with van der Waals surface area (Å²) in [4.78, 5) is 24.5. The molecule has 0 fully saturated rings. The van der Waals surface area contributed by atoms with Crippen LogP contribution < -0.4 is 5.32 Å². The van der Waals surface area contributed by atoms with Gasteiger partial charge in [0.2, 0.25) is 0 Å². The van der Waals surface area contributed by atoms with Crippen LogP contribution in [0.5, 0.6) is 0 Å². The van der Waals surface area contributed by atoms with Gasteiger partial charge in [0.15, 0.2) is 0 Å². The van der Waals surface area contributed by atoms with Crippen LogP contribution in [-0.2, 0) is 4.74 Å². The molecule has 7 heteroatoms. The number of carboxylic acid groups (broad SMARTS) is 1. The van der Waals surface area contributed by atoms with Crippen molar-refractivity contribution in [2.45, 2.75) is 20.0 Å². The van der Waals surface area contributed by atoms with Crippen molar-refractivity contribution in [2.75, 3.05) is 25.5 Å². The minimum Gasteiger partial charge on any atom is -0.478 e. The van der Waals surface area contributed by atoms with Gasteiger partial charge in [-0.3, -0.25) is 0 Å². The molecule has 0 spiro atoms. The van der Waals surface area contributed by atoms with Gasteiger partial charge in [-0.1, -0.05) is 0 Å².